The van der Waals surface area contributed by atoms with Gasteiger partial charge in [-0.15, -0.1) is 11.3 Å². The summed E-state index contributed by atoms with van der Waals surface area (Å²) in [5.41, 5.74) is 3.41. The van der Waals surface area contributed by atoms with E-state index in [-0.39, 0.29) is 12.6 Å². The molecule has 4 rings (SSSR count). The zero-order valence-corrected chi connectivity index (χ0v) is 19.7. The van der Waals surface area contributed by atoms with Gasteiger partial charge in [-0.05, 0) is 51.4 Å². The number of nitrogens with zero attached hydrogens (tertiary/aromatic N) is 3. The molecule has 1 aromatic heterocycles. The lowest BCUT2D eigenvalue weighted by Crippen LogP contribution is -2.51. The van der Waals surface area contributed by atoms with E-state index >= 15 is 0 Å². The lowest BCUT2D eigenvalue weighted by molar-refractivity contribution is -0.139. The maximum atomic E-state index is 12.9. The molecule has 4 amide bonds. The van der Waals surface area contributed by atoms with Crippen LogP contribution in [0.25, 0.3) is 10.2 Å². The van der Waals surface area contributed by atoms with Gasteiger partial charge in [0.05, 0.1) is 22.8 Å². The molecular formula is C24H27N5O3S. The summed E-state index contributed by atoms with van der Waals surface area (Å²) in [7, 11) is 1.81. The Hall–Kier alpha value is -3.30. The lowest BCUT2D eigenvalue weighted by atomic mass is 9.93. The van der Waals surface area contributed by atoms with Crippen molar-refractivity contribution in [2.45, 2.75) is 38.3 Å². The molecule has 9 heteroatoms. The van der Waals surface area contributed by atoms with Crippen LogP contribution in [0, 0.1) is 0 Å². The molecular weight excluding hydrogens is 438 g/mol. The van der Waals surface area contributed by atoms with Gasteiger partial charge in [-0.1, -0.05) is 42.5 Å². The van der Waals surface area contributed by atoms with Gasteiger partial charge in [-0.2, -0.15) is 5.01 Å². The third-order valence-corrected chi connectivity index (χ3v) is 7.18. The van der Waals surface area contributed by atoms with Crippen LogP contribution >= 0.6 is 11.3 Å². The van der Waals surface area contributed by atoms with Crippen LogP contribution in [0.5, 0.6) is 0 Å². The van der Waals surface area contributed by atoms with E-state index in [0.717, 1.165) is 25.8 Å². The molecule has 2 atom stereocenters. The molecule has 1 aliphatic heterocycles. The third-order valence-electron chi connectivity index (χ3n) is 5.98. The Morgan fingerprint density at radius 1 is 1.18 bits per heavy atom. The molecule has 8 nitrogen and oxygen atoms in total. The molecule has 0 aliphatic carbocycles. The van der Waals surface area contributed by atoms with Crippen LogP contribution in [0.2, 0.25) is 0 Å². The van der Waals surface area contributed by atoms with E-state index in [1.165, 1.54) is 0 Å². The number of urea groups is 1. The predicted octanol–water partition coefficient (Wildman–Crippen LogP) is 3.26. The number of thiazole rings is 1. The number of nitrogens with one attached hydrogen (secondary N) is 2. The Labute approximate surface area is 196 Å². The fraction of sp³-hybridized carbons (Fsp3) is 0.333. The van der Waals surface area contributed by atoms with Crippen molar-refractivity contribution in [2.75, 3.05) is 13.6 Å². The quantitative estimate of drug-likeness (QED) is 0.498. The Balaban J connectivity index is 1.35. The summed E-state index contributed by atoms with van der Waals surface area (Å²) in [5, 5.41) is 4.42. The van der Waals surface area contributed by atoms with Crippen molar-refractivity contribution in [3.63, 3.8) is 0 Å². The Morgan fingerprint density at radius 3 is 2.61 bits per heavy atom. The molecule has 1 saturated heterocycles. The van der Waals surface area contributed by atoms with Gasteiger partial charge in [0.1, 0.15) is 10.5 Å². The summed E-state index contributed by atoms with van der Waals surface area (Å²) >= 11 is 1.58. The number of aryl methyl sites for hydroxylation is 1. The second-order valence-electron chi connectivity index (χ2n) is 8.53. The van der Waals surface area contributed by atoms with E-state index in [4.69, 9.17) is 0 Å². The zero-order chi connectivity index (χ0) is 23.6. The second-order valence-corrected chi connectivity index (χ2v) is 9.60. The SMILES string of the molecule is CC(c1nc2ccccc2s1)N(C)CC(=O)NN1C(=O)NC(C)(CCc2ccccc2)C1=O. The normalized spacial score (nSPS) is 19.2. The highest BCUT2D eigenvalue weighted by Gasteiger charge is 2.48. The van der Waals surface area contributed by atoms with Gasteiger partial charge in [0.2, 0.25) is 0 Å². The number of para-hydroxylation sites is 1. The van der Waals surface area contributed by atoms with E-state index in [2.05, 4.69) is 15.7 Å². The van der Waals surface area contributed by atoms with Crippen molar-refractivity contribution in [3.8, 4) is 0 Å². The first-order valence-corrected chi connectivity index (χ1v) is 11.6. The van der Waals surface area contributed by atoms with E-state index in [1.807, 2.05) is 73.5 Å². The van der Waals surface area contributed by atoms with Gasteiger partial charge in [-0.25, -0.2) is 9.78 Å². The number of likely N-dealkylation sites (N-methyl/N-ethyl adjacent to an activating group) is 1. The zero-order valence-electron chi connectivity index (χ0n) is 18.9. The highest BCUT2D eigenvalue weighted by atomic mass is 32.1. The lowest BCUT2D eigenvalue weighted by Gasteiger charge is -2.24. The first-order valence-electron chi connectivity index (χ1n) is 10.8. The molecule has 3 aromatic rings. The second kappa shape index (κ2) is 9.29. The smallest absolute Gasteiger partial charge is 0.322 e. The largest absolute Gasteiger partial charge is 0.344 e. The number of rotatable bonds is 8. The molecule has 0 radical (unpaired) electrons. The number of aromatic nitrogens is 1. The topological polar surface area (TPSA) is 94.6 Å². The highest BCUT2D eigenvalue weighted by molar-refractivity contribution is 7.18. The van der Waals surface area contributed by atoms with Crippen LogP contribution < -0.4 is 10.7 Å². The number of carbonyl (C=O) groups excluding carboxylic acids is 3. The van der Waals surface area contributed by atoms with E-state index < -0.39 is 23.4 Å². The first kappa shape index (κ1) is 22.9. The molecule has 2 heterocycles. The highest BCUT2D eigenvalue weighted by Crippen LogP contribution is 2.28. The molecule has 1 fully saturated rings. The van der Waals surface area contributed by atoms with Crippen molar-refractivity contribution < 1.29 is 14.4 Å². The Kier molecular flexibility index (Phi) is 6.44. The van der Waals surface area contributed by atoms with Crippen LogP contribution in [0.3, 0.4) is 0 Å². The predicted molar refractivity (Wildman–Crippen MR) is 127 cm³/mol. The van der Waals surface area contributed by atoms with Gasteiger partial charge >= 0.3 is 6.03 Å². The number of hydrogen-bond acceptors (Lipinski definition) is 6. The Morgan fingerprint density at radius 2 is 1.88 bits per heavy atom. The van der Waals surface area contributed by atoms with E-state index in [0.29, 0.717) is 12.8 Å². The molecule has 0 bridgehead atoms. The van der Waals surface area contributed by atoms with Gasteiger partial charge in [0, 0.05) is 0 Å². The van der Waals surface area contributed by atoms with Crippen molar-refractivity contribution in [3.05, 3.63) is 65.2 Å². The first-order chi connectivity index (χ1) is 15.8. The van der Waals surface area contributed by atoms with Crippen molar-refractivity contribution >= 4 is 39.4 Å². The summed E-state index contributed by atoms with van der Waals surface area (Å²) in [5.74, 6) is -0.903. The maximum absolute atomic E-state index is 12.9. The molecule has 0 spiro atoms. The monoisotopic (exact) mass is 465 g/mol. The number of fused-ring (bicyclic) bond motifs is 1. The van der Waals surface area contributed by atoms with Crippen molar-refractivity contribution in [2.24, 2.45) is 0 Å². The summed E-state index contributed by atoms with van der Waals surface area (Å²) in [6, 6.07) is 16.9. The number of hydrogen-bond donors (Lipinski definition) is 2. The van der Waals surface area contributed by atoms with Crippen LogP contribution in [0.15, 0.2) is 54.6 Å². The number of amides is 4. The number of hydrazine groups is 1. The van der Waals surface area contributed by atoms with Gasteiger partial charge in [0.25, 0.3) is 11.8 Å². The maximum Gasteiger partial charge on any atom is 0.344 e. The number of carbonyl (C=O) groups is 3. The van der Waals surface area contributed by atoms with Crippen molar-refractivity contribution in [1.29, 1.82) is 0 Å². The molecule has 1 aliphatic rings. The van der Waals surface area contributed by atoms with Gasteiger partial charge in [0.15, 0.2) is 0 Å². The fourth-order valence-corrected chi connectivity index (χ4v) is 4.86. The summed E-state index contributed by atoms with van der Waals surface area (Å²) in [6.07, 6.45) is 1.07. The van der Waals surface area contributed by atoms with Crippen LogP contribution in [0.1, 0.15) is 36.9 Å². The Bertz CT molecular complexity index is 1150. The van der Waals surface area contributed by atoms with E-state index in [9.17, 15) is 14.4 Å². The number of benzene rings is 2. The van der Waals surface area contributed by atoms with Crippen molar-refractivity contribution in [1.82, 2.24) is 25.6 Å². The number of imide groups is 1. The molecule has 2 N–H and O–H groups in total. The summed E-state index contributed by atoms with van der Waals surface area (Å²) < 4.78 is 1.09. The molecule has 2 unspecified atom stereocenters. The molecule has 0 saturated carbocycles. The van der Waals surface area contributed by atoms with E-state index in [1.54, 1.807) is 18.3 Å². The minimum atomic E-state index is -1.07. The summed E-state index contributed by atoms with van der Waals surface area (Å²) in [6.45, 7) is 3.66. The third kappa shape index (κ3) is 4.89. The van der Waals surface area contributed by atoms with Gasteiger partial charge < -0.3 is 5.32 Å². The minimum Gasteiger partial charge on any atom is -0.322 e. The van der Waals surface area contributed by atoms with Crippen LogP contribution in [0.4, 0.5) is 4.79 Å². The molecule has 2 aromatic carbocycles. The standard InChI is InChI=1S/C24H27N5O3S/c1-16(21-25-18-11-7-8-12-19(18)33-21)28(3)15-20(30)27-29-22(31)24(2,26-23(29)32)14-13-17-9-5-4-6-10-17/h4-12,16H,13-15H2,1-3H3,(H,26,32)(H,27,30). The molecule has 172 valence electrons. The molecule has 33 heavy (non-hydrogen) atoms. The summed E-state index contributed by atoms with van der Waals surface area (Å²) in [4.78, 5) is 44.5. The van der Waals surface area contributed by atoms with Crippen LogP contribution in [-0.2, 0) is 16.0 Å². The average molecular weight is 466 g/mol. The van der Waals surface area contributed by atoms with Crippen LogP contribution in [-0.4, -0.2) is 51.9 Å². The average Bonchev–Trinajstić information content (AvgIpc) is 3.33. The van der Waals surface area contributed by atoms with Gasteiger partial charge in [-0.3, -0.25) is 19.9 Å². The minimum absolute atomic E-state index is 0.00881. The fourth-order valence-electron chi connectivity index (χ4n) is 3.78.